The first-order chi connectivity index (χ1) is 7.24. The third-order valence-corrected chi connectivity index (χ3v) is 3.97. The molecule has 0 unspecified atom stereocenters. The zero-order valence-corrected chi connectivity index (χ0v) is 10.0. The van der Waals surface area contributed by atoms with E-state index in [9.17, 15) is 0 Å². The first kappa shape index (κ1) is 11.0. The van der Waals surface area contributed by atoms with Crippen LogP contribution in [0.3, 0.4) is 0 Å². The molecule has 0 spiro atoms. The summed E-state index contributed by atoms with van der Waals surface area (Å²) in [6.07, 6.45) is 5.44. The minimum Gasteiger partial charge on any atom is -0.368 e. The van der Waals surface area contributed by atoms with Gasteiger partial charge in [0.15, 0.2) is 0 Å². The standard InChI is InChI=1S/C10H14ClN3S/c11-8-5-9(14-10(12)13-8)15-6-7-3-1-2-4-7/h5,7H,1-4,6H2,(H2,12,13,14). The fourth-order valence-electron chi connectivity index (χ4n) is 1.87. The normalized spacial score (nSPS) is 17.1. The Morgan fingerprint density at radius 1 is 1.40 bits per heavy atom. The van der Waals surface area contributed by atoms with Gasteiger partial charge in [0.2, 0.25) is 5.95 Å². The molecule has 0 atom stereocenters. The van der Waals surface area contributed by atoms with Gasteiger partial charge in [-0.25, -0.2) is 9.97 Å². The molecule has 5 heteroatoms. The number of anilines is 1. The highest BCUT2D eigenvalue weighted by molar-refractivity contribution is 7.99. The van der Waals surface area contributed by atoms with Gasteiger partial charge in [-0.3, -0.25) is 0 Å². The fraction of sp³-hybridized carbons (Fsp3) is 0.600. The number of aromatic nitrogens is 2. The third kappa shape index (κ3) is 3.24. The highest BCUT2D eigenvalue weighted by atomic mass is 35.5. The number of rotatable bonds is 3. The van der Waals surface area contributed by atoms with Crippen LogP contribution < -0.4 is 5.73 Å². The summed E-state index contributed by atoms with van der Waals surface area (Å²) in [6.45, 7) is 0. The van der Waals surface area contributed by atoms with Gasteiger partial charge in [0.25, 0.3) is 0 Å². The van der Waals surface area contributed by atoms with E-state index in [2.05, 4.69) is 9.97 Å². The molecule has 3 nitrogen and oxygen atoms in total. The summed E-state index contributed by atoms with van der Waals surface area (Å²) < 4.78 is 0. The Bertz CT molecular complexity index is 319. The van der Waals surface area contributed by atoms with Crippen molar-refractivity contribution in [2.24, 2.45) is 5.92 Å². The van der Waals surface area contributed by atoms with Crippen LogP contribution in [0.5, 0.6) is 0 Å². The average Bonchev–Trinajstić information content (AvgIpc) is 2.65. The molecule has 0 aliphatic heterocycles. The van der Waals surface area contributed by atoms with Gasteiger partial charge in [-0.05, 0) is 18.8 Å². The Hall–Kier alpha value is -0.480. The number of nitrogens with zero attached hydrogens (tertiary/aromatic N) is 2. The third-order valence-electron chi connectivity index (χ3n) is 2.63. The van der Waals surface area contributed by atoms with Crippen LogP contribution in [0.1, 0.15) is 25.7 Å². The lowest BCUT2D eigenvalue weighted by Crippen LogP contribution is -1.99. The zero-order chi connectivity index (χ0) is 10.7. The smallest absolute Gasteiger partial charge is 0.222 e. The fourth-order valence-corrected chi connectivity index (χ4v) is 3.22. The maximum absolute atomic E-state index is 5.80. The van der Waals surface area contributed by atoms with E-state index >= 15 is 0 Å². The van der Waals surface area contributed by atoms with E-state index < -0.39 is 0 Å². The molecule has 82 valence electrons. The number of hydrogen-bond donors (Lipinski definition) is 1. The molecule has 1 fully saturated rings. The van der Waals surface area contributed by atoms with Crippen molar-refractivity contribution in [3.05, 3.63) is 11.2 Å². The van der Waals surface area contributed by atoms with Crippen LogP contribution in [0.25, 0.3) is 0 Å². The summed E-state index contributed by atoms with van der Waals surface area (Å²) >= 11 is 7.53. The predicted octanol–water partition coefficient (Wildman–Crippen LogP) is 2.99. The van der Waals surface area contributed by atoms with Crippen LogP contribution >= 0.6 is 23.4 Å². The van der Waals surface area contributed by atoms with E-state index in [0.717, 1.165) is 16.7 Å². The Morgan fingerprint density at radius 2 is 2.13 bits per heavy atom. The monoisotopic (exact) mass is 243 g/mol. The van der Waals surface area contributed by atoms with Crippen molar-refractivity contribution in [3.63, 3.8) is 0 Å². The van der Waals surface area contributed by atoms with Crippen LogP contribution in [-0.2, 0) is 0 Å². The number of nitrogen functional groups attached to an aromatic ring is 1. The van der Waals surface area contributed by atoms with Crippen LogP contribution in [0.15, 0.2) is 11.1 Å². The van der Waals surface area contributed by atoms with Gasteiger partial charge >= 0.3 is 0 Å². The topological polar surface area (TPSA) is 51.8 Å². The summed E-state index contributed by atoms with van der Waals surface area (Å²) in [5.41, 5.74) is 5.52. The summed E-state index contributed by atoms with van der Waals surface area (Å²) in [4.78, 5) is 7.97. The number of nitrogens with two attached hydrogens (primary N) is 1. The Morgan fingerprint density at radius 3 is 2.80 bits per heavy atom. The highest BCUT2D eigenvalue weighted by Crippen LogP contribution is 2.30. The maximum Gasteiger partial charge on any atom is 0.222 e. The number of halogens is 1. The summed E-state index contributed by atoms with van der Waals surface area (Å²) in [5.74, 6) is 2.22. The second-order valence-corrected chi connectivity index (χ2v) is 5.28. The molecule has 0 saturated heterocycles. The van der Waals surface area contributed by atoms with Crippen LogP contribution in [-0.4, -0.2) is 15.7 Å². The summed E-state index contributed by atoms with van der Waals surface area (Å²) in [6, 6.07) is 1.78. The molecule has 1 aromatic rings. The Kier molecular flexibility index (Phi) is 3.70. The van der Waals surface area contributed by atoms with Crippen LogP contribution in [0, 0.1) is 5.92 Å². The molecule has 2 N–H and O–H groups in total. The van der Waals surface area contributed by atoms with Gasteiger partial charge in [-0.1, -0.05) is 24.4 Å². The molecule has 1 aliphatic rings. The lowest BCUT2D eigenvalue weighted by atomic mass is 10.1. The molecule has 1 heterocycles. The average molecular weight is 244 g/mol. The molecule has 15 heavy (non-hydrogen) atoms. The van der Waals surface area contributed by atoms with Crippen LogP contribution in [0.4, 0.5) is 5.95 Å². The number of thioether (sulfide) groups is 1. The van der Waals surface area contributed by atoms with Gasteiger partial charge in [-0.2, -0.15) is 0 Å². The largest absolute Gasteiger partial charge is 0.368 e. The molecular formula is C10H14ClN3S. The van der Waals surface area contributed by atoms with Crippen molar-refractivity contribution in [1.82, 2.24) is 9.97 Å². The summed E-state index contributed by atoms with van der Waals surface area (Å²) in [5, 5.41) is 1.32. The molecule has 1 aliphatic carbocycles. The SMILES string of the molecule is Nc1nc(Cl)cc(SCC2CCCC2)n1. The quantitative estimate of drug-likeness (QED) is 0.655. The van der Waals surface area contributed by atoms with E-state index in [0.29, 0.717) is 5.15 Å². The molecule has 1 saturated carbocycles. The highest BCUT2D eigenvalue weighted by Gasteiger charge is 2.15. The van der Waals surface area contributed by atoms with Crippen molar-refractivity contribution in [2.75, 3.05) is 11.5 Å². The van der Waals surface area contributed by atoms with Gasteiger partial charge in [0.05, 0.1) is 0 Å². The van der Waals surface area contributed by atoms with Crippen molar-refractivity contribution in [2.45, 2.75) is 30.7 Å². The molecule has 0 amide bonds. The van der Waals surface area contributed by atoms with E-state index in [1.807, 2.05) is 0 Å². The molecule has 1 aromatic heterocycles. The van der Waals surface area contributed by atoms with Gasteiger partial charge < -0.3 is 5.73 Å². The predicted molar refractivity (Wildman–Crippen MR) is 64.1 cm³/mol. The molecule has 0 radical (unpaired) electrons. The van der Waals surface area contributed by atoms with Crippen LogP contribution in [0.2, 0.25) is 5.15 Å². The van der Waals surface area contributed by atoms with Gasteiger partial charge in [0, 0.05) is 11.8 Å². The number of hydrogen-bond acceptors (Lipinski definition) is 4. The van der Waals surface area contributed by atoms with Gasteiger partial charge in [0.1, 0.15) is 10.2 Å². The first-order valence-electron chi connectivity index (χ1n) is 5.17. The first-order valence-corrected chi connectivity index (χ1v) is 6.53. The maximum atomic E-state index is 5.80. The Balaban J connectivity index is 1.92. The van der Waals surface area contributed by atoms with E-state index in [1.54, 1.807) is 17.8 Å². The lowest BCUT2D eigenvalue weighted by Gasteiger charge is -2.07. The van der Waals surface area contributed by atoms with E-state index in [4.69, 9.17) is 17.3 Å². The van der Waals surface area contributed by atoms with Gasteiger partial charge in [-0.15, -0.1) is 11.8 Å². The van der Waals surface area contributed by atoms with Crippen molar-refractivity contribution in [3.8, 4) is 0 Å². The Labute approximate surface area is 98.8 Å². The molecule has 2 rings (SSSR count). The molecular weight excluding hydrogens is 230 g/mol. The summed E-state index contributed by atoms with van der Waals surface area (Å²) in [7, 11) is 0. The zero-order valence-electron chi connectivity index (χ0n) is 8.45. The van der Waals surface area contributed by atoms with Crippen molar-refractivity contribution < 1.29 is 0 Å². The van der Waals surface area contributed by atoms with E-state index in [1.165, 1.54) is 25.7 Å². The molecule has 0 aromatic carbocycles. The van der Waals surface area contributed by atoms with Crippen molar-refractivity contribution in [1.29, 1.82) is 0 Å². The lowest BCUT2D eigenvalue weighted by molar-refractivity contribution is 0.623. The van der Waals surface area contributed by atoms with E-state index in [-0.39, 0.29) is 5.95 Å². The minimum absolute atomic E-state index is 0.261. The molecule has 0 bridgehead atoms. The second-order valence-electron chi connectivity index (χ2n) is 3.85. The second kappa shape index (κ2) is 5.03. The minimum atomic E-state index is 0.261. The van der Waals surface area contributed by atoms with Crippen molar-refractivity contribution >= 4 is 29.3 Å².